The average molecular weight is 235 g/mol. The van der Waals surface area contributed by atoms with Crippen LogP contribution in [-0.4, -0.2) is 26.9 Å². The van der Waals surface area contributed by atoms with Crippen molar-refractivity contribution in [2.24, 2.45) is 5.92 Å². The molecule has 0 aliphatic carbocycles. The first-order valence-electron chi connectivity index (χ1n) is 6.26. The van der Waals surface area contributed by atoms with Crippen LogP contribution in [0.3, 0.4) is 0 Å². The van der Waals surface area contributed by atoms with E-state index >= 15 is 0 Å². The van der Waals surface area contributed by atoms with Crippen LogP contribution in [0, 0.1) is 12.8 Å². The van der Waals surface area contributed by atoms with Crippen LogP contribution >= 0.6 is 0 Å². The maximum Gasteiger partial charge on any atom is 0.142 e. The van der Waals surface area contributed by atoms with Gasteiger partial charge in [0.25, 0.3) is 0 Å². The fraction of sp³-hybridized carbons (Fsp3) is 0.571. The zero-order chi connectivity index (χ0) is 12.1. The molecule has 2 rings (SSSR count). The molecule has 17 heavy (non-hydrogen) atoms. The number of anilines is 1. The van der Waals surface area contributed by atoms with Crippen LogP contribution in [0.2, 0.25) is 0 Å². The van der Waals surface area contributed by atoms with E-state index in [0.717, 1.165) is 31.2 Å². The first kappa shape index (κ1) is 12.2. The number of benzene rings is 1. The third kappa shape index (κ3) is 3.37. The van der Waals surface area contributed by atoms with Gasteiger partial charge in [-0.05, 0) is 43.4 Å². The van der Waals surface area contributed by atoms with Gasteiger partial charge in [0.05, 0.1) is 19.4 Å². The van der Waals surface area contributed by atoms with E-state index in [2.05, 4.69) is 30.4 Å². The molecule has 1 aliphatic heterocycles. The van der Waals surface area contributed by atoms with Gasteiger partial charge in [0, 0.05) is 13.2 Å². The second kappa shape index (κ2) is 5.92. The van der Waals surface area contributed by atoms with Gasteiger partial charge < -0.3 is 14.8 Å². The number of nitrogens with one attached hydrogen (secondary N) is 1. The number of hydrogen-bond donors (Lipinski definition) is 1. The van der Waals surface area contributed by atoms with Crippen LogP contribution < -0.4 is 10.1 Å². The lowest BCUT2D eigenvalue weighted by Crippen LogP contribution is -2.24. The topological polar surface area (TPSA) is 30.5 Å². The van der Waals surface area contributed by atoms with Crippen molar-refractivity contribution < 1.29 is 9.47 Å². The van der Waals surface area contributed by atoms with Gasteiger partial charge in [0.2, 0.25) is 0 Å². The molecule has 1 saturated heterocycles. The molecule has 1 unspecified atom stereocenters. The summed E-state index contributed by atoms with van der Waals surface area (Å²) in [7, 11) is 1.71. The number of methoxy groups -OCH3 is 1. The first-order valence-corrected chi connectivity index (χ1v) is 6.26. The second-order valence-corrected chi connectivity index (χ2v) is 4.67. The molecule has 0 saturated carbocycles. The van der Waals surface area contributed by atoms with Crippen molar-refractivity contribution in [1.82, 2.24) is 0 Å². The summed E-state index contributed by atoms with van der Waals surface area (Å²) >= 11 is 0. The van der Waals surface area contributed by atoms with Gasteiger partial charge in [-0.2, -0.15) is 0 Å². The smallest absolute Gasteiger partial charge is 0.142 e. The normalized spacial score (nSPS) is 20.0. The fourth-order valence-electron chi connectivity index (χ4n) is 2.17. The summed E-state index contributed by atoms with van der Waals surface area (Å²) in [5, 5.41) is 3.46. The molecule has 0 amide bonds. The summed E-state index contributed by atoms with van der Waals surface area (Å²) in [6.45, 7) is 4.83. The van der Waals surface area contributed by atoms with Crippen LogP contribution in [0.25, 0.3) is 0 Å². The Kier molecular flexibility index (Phi) is 4.26. The van der Waals surface area contributed by atoms with Gasteiger partial charge in [-0.3, -0.25) is 0 Å². The van der Waals surface area contributed by atoms with E-state index in [0.29, 0.717) is 5.92 Å². The molecule has 94 valence electrons. The van der Waals surface area contributed by atoms with Gasteiger partial charge in [-0.15, -0.1) is 0 Å². The summed E-state index contributed by atoms with van der Waals surface area (Å²) < 4.78 is 10.8. The third-order valence-electron chi connectivity index (χ3n) is 3.19. The fourth-order valence-corrected chi connectivity index (χ4v) is 2.17. The Bertz CT molecular complexity index is 359. The summed E-state index contributed by atoms with van der Waals surface area (Å²) in [4.78, 5) is 0. The minimum absolute atomic E-state index is 0.620. The van der Waals surface area contributed by atoms with E-state index in [1.807, 2.05) is 0 Å². The van der Waals surface area contributed by atoms with E-state index in [1.165, 1.54) is 18.4 Å². The van der Waals surface area contributed by atoms with Crippen LogP contribution in [0.1, 0.15) is 18.4 Å². The Morgan fingerprint density at radius 2 is 2.35 bits per heavy atom. The molecular formula is C14H21NO2. The molecule has 0 bridgehead atoms. The number of ether oxygens (including phenoxy) is 2. The first-order chi connectivity index (χ1) is 8.29. The molecular weight excluding hydrogens is 214 g/mol. The van der Waals surface area contributed by atoms with Crippen molar-refractivity contribution in [2.75, 3.05) is 32.2 Å². The van der Waals surface area contributed by atoms with Gasteiger partial charge in [-0.1, -0.05) is 6.07 Å². The minimum Gasteiger partial charge on any atom is -0.495 e. The Morgan fingerprint density at radius 1 is 1.47 bits per heavy atom. The Labute approximate surface area is 103 Å². The van der Waals surface area contributed by atoms with Gasteiger partial charge in [0.15, 0.2) is 0 Å². The number of rotatable bonds is 4. The Hall–Kier alpha value is -1.22. The van der Waals surface area contributed by atoms with Gasteiger partial charge >= 0.3 is 0 Å². The van der Waals surface area contributed by atoms with Crippen LogP contribution in [0.15, 0.2) is 18.2 Å². The molecule has 3 nitrogen and oxygen atoms in total. The van der Waals surface area contributed by atoms with Crippen molar-refractivity contribution in [1.29, 1.82) is 0 Å². The van der Waals surface area contributed by atoms with E-state index in [4.69, 9.17) is 9.47 Å². The lowest BCUT2D eigenvalue weighted by molar-refractivity contribution is 0.0595. The molecule has 1 fully saturated rings. The Morgan fingerprint density at radius 3 is 3.06 bits per heavy atom. The highest BCUT2D eigenvalue weighted by Crippen LogP contribution is 2.26. The van der Waals surface area contributed by atoms with Crippen molar-refractivity contribution in [3.8, 4) is 5.75 Å². The third-order valence-corrected chi connectivity index (χ3v) is 3.19. The van der Waals surface area contributed by atoms with Gasteiger partial charge in [-0.25, -0.2) is 0 Å². The minimum atomic E-state index is 0.620. The summed E-state index contributed by atoms with van der Waals surface area (Å²) in [5.74, 6) is 1.54. The maximum atomic E-state index is 5.47. The monoisotopic (exact) mass is 235 g/mol. The molecule has 0 spiro atoms. The average Bonchev–Trinajstić information content (AvgIpc) is 2.38. The van der Waals surface area contributed by atoms with Crippen molar-refractivity contribution in [3.05, 3.63) is 23.8 Å². The standard InChI is InChI=1S/C14H21NO2/c1-11-5-6-13(14(8-11)16-2)15-9-12-4-3-7-17-10-12/h5-6,8,12,15H,3-4,7,9-10H2,1-2H3. The van der Waals surface area contributed by atoms with E-state index in [9.17, 15) is 0 Å². The molecule has 1 aliphatic rings. The van der Waals surface area contributed by atoms with Crippen molar-refractivity contribution >= 4 is 5.69 Å². The van der Waals surface area contributed by atoms with E-state index in [1.54, 1.807) is 7.11 Å². The predicted octanol–water partition coefficient (Wildman–Crippen LogP) is 2.84. The molecule has 0 radical (unpaired) electrons. The second-order valence-electron chi connectivity index (χ2n) is 4.67. The molecule has 1 aromatic carbocycles. The Balaban J connectivity index is 1.93. The van der Waals surface area contributed by atoms with Crippen LogP contribution in [0.4, 0.5) is 5.69 Å². The highest BCUT2D eigenvalue weighted by Gasteiger charge is 2.14. The predicted molar refractivity (Wildman–Crippen MR) is 69.8 cm³/mol. The summed E-state index contributed by atoms with van der Waals surface area (Å²) in [6, 6.07) is 6.24. The zero-order valence-electron chi connectivity index (χ0n) is 10.7. The quantitative estimate of drug-likeness (QED) is 0.870. The zero-order valence-corrected chi connectivity index (χ0v) is 10.7. The molecule has 1 heterocycles. The summed E-state index contributed by atoms with van der Waals surface area (Å²) in [5.41, 5.74) is 2.29. The lowest BCUT2D eigenvalue weighted by atomic mass is 10.0. The van der Waals surface area contributed by atoms with Crippen molar-refractivity contribution in [2.45, 2.75) is 19.8 Å². The SMILES string of the molecule is COc1cc(C)ccc1NCC1CCCOC1. The maximum absolute atomic E-state index is 5.47. The van der Waals surface area contributed by atoms with Crippen molar-refractivity contribution in [3.63, 3.8) is 0 Å². The highest BCUT2D eigenvalue weighted by molar-refractivity contribution is 5.57. The van der Waals surface area contributed by atoms with Gasteiger partial charge in [0.1, 0.15) is 5.75 Å². The lowest BCUT2D eigenvalue weighted by Gasteiger charge is -2.23. The summed E-state index contributed by atoms with van der Waals surface area (Å²) in [6.07, 6.45) is 2.43. The van der Waals surface area contributed by atoms with Crippen LogP contribution in [-0.2, 0) is 4.74 Å². The largest absolute Gasteiger partial charge is 0.495 e. The molecule has 1 N–H and O–H groups in total. The van der Waals surface area contributed by atoms with Crippen LogP contribution in [0.5, 0.6) is 5.75 Å². The highest BCUT2D eigenvalue weighted by atomic mass is 16.5. The molecule has 0 aromatic heterocycles. The van der Waals surface area contributed by atoms with E-state index in [-0.39, 0.29) is 0 Å². The number of hydrogen-bond acceptors (Lipinski definition) is 3. The molecule has 1 aromatic rings. The van der Waals surface area contributed by atoms with E-state index < -0.39 is 0 Å². The number of aryl methyl sites for hydroxylation is 1. The molecule has 3 heteroatoms. The molecule has 1 atom stereocenters.